The lowest BCUT2D eigenvalue weighted by Gasteiger charge is -2.12. The molecule has 1 rings (SSSR count). The Bertz CT molecular complexity index is 310. The Morgan fingerprint density at radius 1 is 1.21 bits per heavy atom. The molecule has 0 aliphatic heterocycles. The van der Waals surface area contributed by atoms with E-state index < -0.39 is 0 Å². The molecule has 0 saturated carbocycles. The van der Waals surface area contributed by atoms with E-state index in [9.17, 15) is 0 Å². The third kappa shape index (κ3) is 2.25. The predicted molar refractivity (Wildman–Crippen MR) is 56.3 cm³/mol. The van der Waals surface area contributed by atoms with E-state index in [1.54, 1.807) is 14.2 Å². The van der Waals surface area contributed by atoms with Crippen LogP contribution in [0.15, 0.2) is 12.1 Å². The SMILES string of the molecule is CONCc1ccc(C)c(OC)c1C. The van der Waals surface area contributed by atoms with Gasteiger partial charge in [0.25, 0.3) is 0 Å². The van der Waals surface area contributed by atoms with Crippen LogP contribution in [-0.2, 0) is 11.4 Å². The van der Waals surface area contributed by atoms with Gasteiger partial charge in [0.15, 0.2) is 0 Å². The average Bonchev–Trinajstić information content (AvgIpc) is 2.18. The first-order valence-electron chi connectivity index (χ1n) is 4.59. The smallest absolute Gasteiger partial charge is 0.124 e. The Morgan fingerprint density at radius 2 is 1.93 bits per heavy atom. The molecule has 0 saturated heterocycles. The summed E-state index contributed by atoms with van der Waals surface area (Å²) in [5.41, 5.74) is 6.33. The Kier molecular flexibility index (Phi) is 3.92. The molecule has 0 spiro atoms. The maximum atomic E-state index is 5.33. The number of ether oxygens (including phenoxy) is 1. The zero-order valence-electron chi connectivity index (χ0n) is 9.18. The third-order valence-electron chi connectivity index (χ3n) is 2.33. The molecule has 1 aromatic carbocycles. The van der Waals surface area contributed by atoms with Crippen LogP contribution in [0.3, 0.4) is 0 Å². The number of benzene rings is 1. The second-order valence-corrected chi connectivity index (χ2v) is 3.23. The van der Waals surface area contributed by atoms with Crippen LogP contribution in [0, 0.1) is 13.8 Å². The lowest BCUT2D eigenvalue weighted by molar-refractivity contribution is 0.0865. The van der Waals surface area contributed by atoms with Gasteiger partial charge in [-0.3, -0.25) is 0 Å². The molecule has 3 heteroatoms. The van der Waals surface area contributed by atoms with Gasteiger partial charge in [-0.1, -0.05) is 12.1 Å². The summed E-state index contributed by atoms with van der Waals surface area (Å²) in [6.45, 7) is 4.79. The Balaban J connectivity index is 2.96. The van der Waals surface area contributed by atoms with E-state index in [-0.39, 0.29) is 0 Å². The fraction of sp³-hybridized carbons (Fsp3) is 0.455. The quantitative estimate of drug-likeness (QED) is 0.745. The van der Waals surface area contributed by atoms with Crippen molar-refractivity contribution >= 4 is 0 Å². The van der Waals surface area contributed by atoms with Gasteiger partial charge in [-0.05, 0) is 30.5 Å². The van der Waals surface area contributed by atoms with Crippen LogP contribution in [-0.4, -0.2) is 14.2 Å². The highest BCUT2D eigenvalue weighted by molar-refractivity contribution is 5.44. The van der Waals surface area contributed by atoms with Gasteiger partial charge in [0.1, 0.15) is 5.75 Å². The Morgan fingerprint density at radius 3 is 2.50 bits per heavy atom. The molecule has 78 valence electrons. The summed E-state index contributed by atoms with van der Waals surface area (Å²) in [7, 11) is 3.31. The maximum Gasteiger partial charge on any atom is 0.124 e. The molecule has 14 heavy (non-hydrogen) atoms. The number of aryl methyl sites for hydroxylation is 1. The van der Waals surface area contributed by atoms with Crippen LogP contribution in [0.4, 0.5) is 0 Å². The topological polar surface area (TPSA) is 30.5 Å². The zero-order chi connectivity index (χ0) is 10.6. The first kappa shape index (κ1) is 11.0. The number of nitrogens with one attached hydrogen (secondary N) is 1. The van der Waals surface area contributed by atoms with Crippen LogP contribution < -0.4 is 10.2 Å². The van der Waals surface area contributed by atoms with Crippen LogP contribution in [0.1, 0.15) is 16.7 Å². The lowest BCUT2D eigenvalue weighted by atomic mass is 10.0. The molecule has 0 atom stereocenters. The van der Waals surface area contributed by atoms with Crippen molar-refractivity contribution in [2.45, 2.75) is 20.4 Å². The molecule has 0 bridgehead atoms. The Labute approximate surface area is 85.0 Å². The van der Waals surface area contributed by atoms with E-state index in [0.717, 1.165) is 16.9 Å². The maximum absolute atomic E-state index is 5.33. The van der Waals surface area contributed by atoms with Crippen molar-refractivity contribution in [2.24, 2.45) is 0 Å². The minimum Gasteiger partial charge on any atom is -0.496 e. The van der Waals surface area contributed by atoms with Crippen molar-refractivity contribution in [1.29, 1.82) is 0 Å². The fourth-order valence-corrected chi connectivity index (χ4v) is 1.52. The first-order valence-corrected chi connectivity index (χ1v) is 4.59. The monoisotopic (exact) mass is 195 g/mol. The largest absolute Gasteiger partial charge is 0.496 e. The third-order valence-corrected chi connectivity index (χ3v) is 2.33. The molecule has 3 nitrogen and oxygen atoms in total. The van der Waals surface area contributed by atoms with Gasteiger partial charge in [-0.15, -0.1) is 0 Å². The lowest BCUT2D eigenvalue weighted by Crippen LogP contribution is -2.12. The Hall–Kier alpha value is -1.06. The summed E-state index contributed by atoms with van der Waals surface area (Å²) < 4.78 is 5.33. The number of rotatable bonds is 4. The molecule has 1 aromatic rings. The van der Waals surface area contributed by atoms with Gasteiger partial charge in [0, 0.05) is 6.54 Å². The minimum atomic E-state index is 0.693. The fourth-order valence-electron chi connectivity index (χ4n) is 1.52. The van der Waals surface area contributed by atoms with E-state index >= 15 is 0 Å². The summed E-state index contributed by atoms with van der Waals surface area (Å²) in [5.74, 6) is 0.959. The second kappa shape index (κ2) is 4.98. The highest BCUT2D eigenvalue weighted by atomic mass is 16.6. The van der Waals surface area contributed by atoms with Crippen LogP contribution in [0.2, 0.25) is 0 Å². The molecule has 0 amide bonds. The van der Waals surface area contributed by atoms with Crippen molar-refractivity contribution in [2.75, 3.05) is 14.2 Å². The molecule has 0 heterocycles. The summed E-state index contributed by atoms with van der Waals surface area (Å²) in [6.07, 6.45) is 0. The highest BCUT2D eigenvalue weighted by Crippen LogP contribution is 2.25. The van der Waals surface area contributed by atoms with Crippen molar-refractivity contribution in [3.8, 4) is 5.75 Å². The molecule has 0 unspecified atom stereocenters. The normalized spacial score (nSPS) is 10.3. The number of hydrogen-bond acceptors (Lipinski definition) is 3. The van der Waals surface area contributed by atoms with Gasteiger partial charge in [0.05, 0.1) is 14.2 Å². The average molecular weight is 195 g/mol. The molecule has 0 aromatic heterocycles. The summed E-state index contributed by atoms with van der Waals surface area (Å²) >= 11 is 0. The van der Waals surface area contributed by atoms with E-state index in [4.69, 9.17) is 9.57 Å². The van der Waals surface area contributed by atoms with Gasteiger partial charge in [-0.25, -0.2) is 0 Å². The number of hydrogen-bond donors (Lipinski definition) is 1. The summed E-state index contributed by atoms with van der Waals surface area (Å²) in [5, 5.41) is 0. The molecular formula is C11H17NO2. The van der Waals surface area contributed by atoms with Crippen molar-refractivity contribution in [3.63, 3.8) is 0 Å². The van der Waals surface area contributed by atoms with Gasteiger partial charge in [0.2, 0.25) is 0 Å². The summed E-state index contributed by atoms with van der Waals surface area (Å²) in [6, 6.07) is 4.14. The van der Waals surface area contributed by atoms with Crippen molar-refractivity contribution in [1.82, 2.24) is 5.48 Å². The molecular weight excluding hydrogens is 178 g/mol. The number of hydroxylamine groups is 1. The standard InChI is InChI=1S/C11H17NO2/c1-8-5-6-10(7-12-14-4)9(2)11(8)13-3/h5-6,12H,7H2,1-4H3. The molecule has 0 radical (unpaired) electrons. The van der Waals surface area contributed by atoms with Crippen LogP contribution >= 0.6 is 0 Å². The minimum absolute atomic E-state index is 0.693. The van der Waals surface area contributed by atoms with Crippen molar-refractivity contribution in [3.05, 3.63) is 28.8 Å². The van der Waals surface area contributed by atoms with Crippen molar-refractivity contribution < 1.29 is 9.57 Å². The molecule has 0 aliphatic carbocycles. The van der Waals surface area contributed by atoms with E-state index in [1.165, 1.54) is 5.56 Å². The molecule has 0 fully saturated rings. The second-order valence-electron chi connectivity index (χ2n) is 3.23. The molecule has 0 aliphatic rings. The molecule has 1 N–H and O–H groups in total. The van der Waals surface area contributed by atoms with Gasteiger partial charge < -0.3 is 9.57 Å². The summed E-state index contributed by atoms with van der Waals surface area (Å²) in [4.78, 5) is 4.81. The predicted octanol–water partition coefficient (Wildman–Crippen LogP) is 1.96. The number of methoxy groups -OCH3 is 1. The van der Waals surface area contributed by atoms with Crippen LogP contribution in [0.25, 0.3) is 0 Å². The van der Waals surface area contributed by atoms with Gasteiger partial charge in [-0.2, -0.15) is 5.48 Å². The zero-order valence-corrected chi connectivity index (χ0v) is 9.18. The highest BCUT2D eigenvalue weighted by Gasteiger charge is 2.06. The van der Waals surface area contributed by atoms with Gasteiger partial charge >= 0.3 is 0 Å². The van der Waals surface area contributed by atoms with E-state index in [1.807, 2.05) is 6.92 Å². The first-order chi connectivity index (χ1) is 6.70. The van der Waals surface area contributed by atoms with E-state index in [2.05, 4.69) is 24.5 Å². The van der Waals surface area contributed by atoms with Crippen LogP contribution in [0.5, 0.6) is 5.75 Å². The van der Waals surface area contributed by atoms with E-state index in [0.29, 0.717) is 6.54 Å².